The van der Waals surface area contributed by atoms with Crippen LogP contribution in [-0.2, 0) is 6.61 Å². The first kappa shape index (κ1) is 14.6. The van der Waals surface area contributed by atoms with Crippen LogP contribution >= 0.6 is 15.9 Å². The minimum absolute atomic E-state index is 0.292. The normalized spacial score (nSPS) is 11.7. The van der Waals surface area contributed by atoms with Gasteiger partial charge >= 0.3 is 0 Å². The van der Waals surface area contributed by atoms with Crippen molar-refractivity contribution in [1.29, 1.82) is 5.26 Å². The average Bonchev–Trinajstić information content (AvgIpc) is 2.45. The molecule has 2 aromatic rings. The highest BCUT2D eigenvalue weighted by Gasteiger charge is 2.10. The maximum atomic E-state index is 9.75. The van der Waals surface area contributed by atoms with Crippen LogP contribution in [0.2, 0.25) is 0 Å². The summed E-state index contributed by atoms with van der Waals surface area (Å²) in [5, 5.41) is 18.8. The summed E-state index contributed by atoms with van der Waals surface area (Å²) in [7, 11) is 0. The second-order valence-electron chi connectivity index (χ2n) is 4.42. The third-order valence-electron chi connectivity index (χ3n) is 2.95. The molecular weight excluding hydrogens is 318 g/mol. The van der Waals surface area contributed by atoms with Gasteiger partial charge in [-0.25, -0.2) is 0 Å². The first-order valence-corrected chi connectivity index (χ1v) is 6.99. The van der Waals surface area contributed by atoms with E-state index in [9.17, 15) is 5.11 Å². The highest BCUT2D eigenvalue weighted by Crippen LogP contribution is 2.29. The van der Waals surface area contributed by atoms with Gasteiger partial charge in [-0.3, -0.25) is 0 Å². The molecule has 0 aliphatic heterocycles. The van der Waals surface area contributed by atoms with E-state index in [4.69, 9.17) is 10.00 Å². The van der Waals surface area contributed by atoms with E-state index in [0.29, 0.717) is 17.9 Å². The molecule has 0 saturated heterocycles. The second kappa shape index (κ2) is 6.56. The van der Waals surface area contributed by atoms with Gasteiger partial charge in [-0.05, 0) is 25.1 Å². The summed E-state index contributed by atoms with van der Waals surface area (Å²) < 4.78 is 6.65. The van der Waals surface area contributed by atoms with Gasteiger partial charge in [-0.1, -0.05) is 40.2 Å². The summed E-state index contributed by atoms with van der Waals surface area (Å²) in [5.74, 6) is 0.613. The Bertz CT molecular complexity index is 647. The lowest BCUT2D eigenvalue weighted by Gasteiger charge is -2.14. The van der Waals surface area contributed by atoms with Crippen LogP contribution in [0.15, 0.2) is 46.9 Å². The van der Waals surface area contributed by atoms with Crippen molar-refractivity contribution in [2.75, 3.05) is 0 Å². The molecule has 2 aromatic carbocycles. The topological polar surface area (TPSA) is 53.2 Å². The Kier molecular flexibility index (Phi) is 4.78. The van der Waals surface area contributed by atoms with Crippen LogP contribution in [0.3, 0.4) is 0 Å². The fourth-order valence-corrected chi connectivity index (χ4v) is 2.23. The number of nitrogens with zero attached hydrogens (tertiary/aromatic N) is 1. The minimum Gasteiger partial charge on any atom is -0.488 e. The fourth-order valence-electron chi connectivity index (χ4n) is 1.89. The zero-order valence-corrected chi connectivity index (χ0v) is 12.6. The number of benzene rings is 2. The standard InChI is InChI=1S/C16H14BrNO2/c1-11(19)15-7-6-14(17)8-16(15)20-10-13-5-3-2-4-12(13)9-18/h2-8,11,19H,10H2,1H3/t11-/m1/s1. The Labute approximate surface area is 126 Å². The van der Waals surface area contributed by atoms with Crippen molar-refractivity contribution in [3.63, 3.8) is 0 Å². The Morgan fingerprint density at radius 1 is 1.30 bits per heavy atom. The van der Waals surface area contributed by atoms with Crippen LogP contribution in [0, 0.1) is 11.3 Å². The SMILES string of the molecule is C[C@@H](O)c1ccc(Br)cc1OCc1ccccc1C#N. The lowest BCUT2D eigenvalue weighted by Crippen LogP contribution is -2.02. The van der Waals surface area contributed by atoms with Gasteiger partial charge in [0, 0.05) is 15.6 Å². The summed E-state index contributed by atoms with van der Waals surface area (Å²) in [6.07, 6.45) is -0.607. The average molecular weight is 332 g/mol. The predicted octanol–water partition coefficient (Wildman–Crippen LogP) is 3.95. The Hall–Kier alpha value is -1.83. The van der Waals surface area contributed by atoms with Crippen molar-refractivity contribution >= 4 is 15.9 Å². The quantitative estimate of drug-likeness (QED) is 0.922. The molecular formula is C16H14BrNO2. The van der Waals surface area contributed by atoms with Crippen molar-refractivity contribution in [3.8, 4) is 11.8 Å². The third kappa shape index (κ3) is 3.38. The van der Waals surface area contributed by atoms with Gasteiger partial charge in [-0.2, -0.15) is 5.26 Å². The van der Waals surface area contributed by atoms with Gasteiger partial charge in [0.05, 0.1) is 17.7 Å². The summed E-state index contributed by atoms with van der Waals surface area (Å²) in [5.41, 5.74) is 2.15. The number of nitriles is 1. The minimum atomic E-state index is -0.607. The lowest BCUT2D eigenvalue weighted by molar-refractivity contribution is 0.190. The molecule has 0 radical (unpaired) electrons. The van der Waals surface area contributed by atoms with Gasteiger partial charge in [0.25, 0.3) is 0 Å². The molecule has 1 N–H and O–H groups in total. The molecule has 20 heavy (non-hydrogen) atoms. The molecule has 0 spiro atoms. The highest BCUT2D eigenvalue weighted by atomic mass is 79.9. The smallest absolute Gasteiger partial charge is 0.126 e. The van der Waals surface area contributed by atoms with Gasteiger partial charge in [0.15, 0.2) is 0 Å². The molecule has 0 aromatic heterocycles. The van der Waals surface area contributed by atoms with E-state index in [-0.39, 0.29) is 0 Å². The number of ether oxygens (including phenoxy) is 1. The second-order valence-corrected chi connectivity index (χ2v) is 5.33. The van der Waals surface area contributed by atoms with Crippen LogP contribution in [0.4, 0.5) is 0 Å². The third-order valence-corrected chi connectivity index (χ3v) is 3.44. The molecule has 0 heterocycles. The largest absolute Gasteiger partial charge is 0.488 e. The molecule has 0 bridgehead atoms. The molecule has 2 rings (SSSR count). The maximum Gasteiger partial charge on any atom is 0.126 e. The lowest BCUT2D eigenvalue weighted by atomic mass is 10.1. The summed E-state index contributed by atoms with van der Waals surface area (Å²) in [6.45, 7) is 1.99. The maximum absolute atomic E-state index is 9.75. The van der Waals surface area contributed by atoms with E-state index in [1.165, 1.54) is 0 Å². The first-order valence-electron chi connectivity index (χ1n) is 6.20. The first-order chi connectivity index (χ1) is 9.61. The predicted molar refractivity (Wildman–Crippen MR) is 80.3 cm³/mol. The molecule has 0 aliphatic rings. The molecule has 0 saturated carbocycles. The van der Waals surface area contributed by atoms with E-state index in [0.717, 1.165) is 15.6 Å². The Morgan fingerprint density at radius 3 is 2.75 bits per heavy atom. The van der Waals surface area contributed by atoms with Crippen molar-refractivity contribution in [3.05, 3.63) is 63.6 Å². The van der Waals surface area contributed by atoms with Gasteiger partial charge in [-0.15, -0.1) is 0 Å². The van der Waals surface area contributed by atoms with Gasteiger partial charge < -0.3 is 9.84 Å². The number of aliphatic hydroxyl groups is 1. The summed E-state index contributed by atoms with van der Waals surface area (Å²) in [4.78, 5) is 0. The molecule has 1 atom stereocenters. The number of rotatable bonds is 4. The van der Waals surface area contributed by atoms with Crippen LogP contribution < -0.4 is 4.74 Å². The van der Waals surface area contributed by atoms with Crippen molar-refractivity contribution in [2.24, 2.45) is 0 Å². The van der Waals surface area contributed by atoms with E-state index in [1.54, 1.807) is 13.0 Å². The highest BCUT2D eigenvalue weighted by molar-refractivity contribution is 9.10. The van der Waals surface area contributed by atoms with E-state index >= 15 is 0 Å². The molecule has 102 valence electrons. The number of hydrogen-bond donors (Lipinski definition) is 1. The molecule has 3 nitrogen and oxygen atoms in total. The van der Waals surface area contributed by atoms with E-state index in [1.807, 2.05) is 36.4 Å². The summed E-state index contributed by atoms with van der Waals surface area (Å²) in [6, 6.07) is 14.9. The monoisotopic (exact) mass is 331 g/mol. The summed E-state index contributed by atoms with van der Waals surface area (Å²) >= 11 is 3.39. The van der Waals surface area contributed by atoms with Crippen molar-refractivity contribution in [1.82, 2.24) is 0 Å². The van der Waals surface area contributed by atoms with Crippen LogP contribution in [-0.4, -0.2) is 5.11 Å². The number of aliphatic hydroxyl groups excluding tert-OH is 1. The number of halogens is 1. The van der Waals surface area contributed by atoms with Crippen molar-refractivity contribution < 1.29 is 9.84 Å². The van der Waals surface area contributed by atoms with E-state index < -0.39 is 6.10 Å². The van der Waals surface area contributed by atoms with Crippen LogP contribution in [0.1, 0.15) is 29.7 Å². The van der Waals surface area contributed by atoms with Gasteiger partial charge in [0.1, 0.15) is 12.4 Å². The van der Waals surface area contributed by atoms with E-state index in [2.05, 4.69) is 22.0 Å². The van der Waals surface area contributed by atoms with Crippen LogP contribution in [0.5, 0.6) is 5.75 Å². The number of hydrogen-bond acceptors (Lipinski definition) is 3. The van der Waals surface area contributed by atoms with Crippen LogP contribution in [0.25, 0.3) is 0 Å². The van der Waals surface area contributed by atoms with Crippen molar-refractivity contribution in [2.45, 2.75) is 19.6 Å². The Balaban J connectivity index is 2.23. The molecule has 0 fully saturated rings. The zero-order chi connectivity index (χ0) is 14.5. The molecule has 0 unspecified atom stereocenters. The zero-order valence-electron chi connectivity index (χ0n) is 11.0. The molecule has 4 heteroatoms. The molecule has 0 amide bonds. The Morgan fingerprint density at radius 2 is 2.05 bits per heavy atom. The molecule has 0 aliphatic carbocycles. The fraction of sp³-hybridized carbons (Fsp3) is 0.188. The van der Waals surface area contributed by atoms with Gasteiger partial charge in [0.2, 0.25) is 0 Å².